The van der Waals surface area contributed by atoms with E-state index in [0.29, 0.717) is 16.3 Å². The summed E-state index contributed by atoms with van der Waals surface area (Å²) in [5.41, 5.74) is 2.17. The zero-order chi connectivity index (χ0) is 24.9. The Balaban J connectivity index is 1.64. The van der Waals surface area contributed by atoms with Gasteiger partial charge in [0.15, 0.2) is 0 Å². The Morgan fingerprint density at radius 2 is 1.89 bits per heavy atom. The molecule has 1 aliphatic rings. The SMILES string of the molecule is COc1cccc(N(C(=O)c2cccs2)C(C(=O)NC2CCCCC2)c2ccc3ncccc3c2)c1. The molecule has 2 aromatic carbocycles. The molecular formula is C29H29N3O3S. The van der Waals surface area contributed by atoms with Crippen molar-refractivity contribution in [3.05, 3.63) is 88.7 Å². The number of nitrogens with zero attached hydrogens (tertiary/aromatic N) is 2. The molecule has 2 amide bonds. The van der Waals surface area contributed by atoms with E-state index < -0.39 is 6.04 Å². The molecule has 0 aliphatic heterocycles. The number of methoxy groups -OCH3 is 1. The third-order valence-electron chi connectivity index (χ3n) is 6.68. The number of carbonyl (C=O) groups excluding carboxylic acids is 2. The van der Waals surface area contributed by atoms with E-state index in [1.165, 1.54) is 17.8 Å². The van der Waals surface area contributed by atoms with Crippen molar-refractivity contribution >= 4 is 39.7 Å². The average Bonchev–Trinajstić information content (AvgIpc) is 3.47. The molecule has 0 saturated heterocycles. The van der Waals surface area contributed by atoms with Gasteiger partial charge in [-0.05, 0) is 60.2 Å². The van der Waals surface area contributed by atoms with E-state index in [4.69, 9.17) is 4.74 Å². The molecule has 0 spiro atoms. The molecule has 1 saturated carbocycles. The van der Waals surface area contributed by atoms with Crippen LogP contribution in [0.1, 0.15) is 53.4 Å². The Morgan fingerprint density at radius 3 is 2.67 bits per heavy atom. The van der Waals surface area contributed by atoms with Crippen molar-refractivity contribution in [3.8, 4) is 5.75 Å². The molecule has 1 N–H and O–H groups in total. The van der Waals surface area contributed by atoms with Gasteiger partial charge in [-0.25, -0.2) is 0 Å². The van der Waals surface area contributed by atoms with E-state index in [-0.39, 0.29) is 17.9 Å². The fraction of sp³-hybridized carbons (Fsp3) is 0.276. The summed E-state index contributed by atoms with van der Waals surface area (Å²) < 4.78 is 5.46. The fourth-order valence-corrected chi connectivity index (χ4v) is 5.53. The highest BCUT2D eigenvalue weighted by Gasteiger charge is 2.35. The molecule has 6 nitrogen and oxygen atoms in total. The zero-order valence-corrected chi connectivity index (χ0v) is 21.0. The van der Waals surface area contributed by atoms with Gasteiger partial charge in [0.05, 0.1) is 17.5 Å². The predicted molar refractivity (Wildman–Crippen MR) is 144 cm³/mol. The second-order valence-electron chi connectivity index (χ2n) is 9.06. The molecular weight excluding hydrogens is 470 g/mol. The van der Waals surface area contributed by atoms with Crippen LogP contribution in [-0.2, 0) is 4.79 Å². The molecule has 7 heteroatoms. The summed E-state index contributed by atoms with van der Waals surface area (Å²) in [5, 5.41) is 6.06. The van der Waals surface area contributed by atoms with Crippen molar-refractivity contribution in [2.24, 2.45) is 0 Å². The number of anilines is 1. The van der Waals surface area contributed by atoms with Gasteiger partial charge in [0.2, 0.25) is 5.91 Å². The lowest BCUT2D eigenvalue weighted by Gasteiger charge is -2.33. The molecule has 1 fully saturated rings. The van der Waals surface area contributed by atoms with Crippen LogP contribution in [0, 0.1) is 0 Å². The molecule has 1 unspecified atom stereocenters. The largest absolute Gasteiger partial charge is 0.497 e. The molecule has 2 heterocycles. The van der Waals surface area contributed by atoms with E-state index in [1.807, 2.05) is 60.0 Å². The van der Waals surface area contributed by atoms with Crippen LogP contribution in [0.25, 0.3) is 10.9 Å². The van der Waals surface area contributed by atoms with Crippen LogP contribution in [-0.4, -0.2) is 29.9 Å². The number of hydrogen-bond acceptors (Lipinski definition) is 5. The van der Waals surface area contributed by atoms with Gasteiger partial charge < -0.3 is 10.1 Å². The van der Waals surface area contributed by atoms with Crippen molar-refractivity contribution in [1.29, 1.82) is 0 Å². The monoisotopic (exact) mass is 499 g/mol. The summed E-state index contributed by atoms with van der Waals surface area (Å²) in [6.07, 6.45) is 7.06. The molecule has 0 radical (unpaired) electrons. The van der Waals surface area contributed by atoms with Crippen LogP contribution in [0.3, 0.4) is 0 Å². The quantitative estimate of drug-likeness (QED) is 0.331. The second-order valence-corrected chi connectivity index (χ2v) is 10.0. The number of hydrogen-bond donors (Lipinski definition) is 1. The number of ether oxygens (including phenoxy) is 1. The Morgan fingerprint density at radius 1 is 1.03 bits per heavy atom. The van der Waals surface area contributed by atoms with Crippen molar-refractivity contribution < 1.29 is 14.3 Å². The number of carbonyl (C=O) groups is 2. The standard InChI is InChI=1S/C29H29N3O3S/c1-35-24-12-5-11-23(19-24)32(29(34)26-13-7-17-36-26)27(28(33)31-22-9-3-2-4-10-22)21-14-15-25-20(18-21)8-6-16-30-25/h5-8,11-19,22,27H,2-4,9-10H2,1H3,(H,31,33). The first kappa shape index (κ1) is 24.0. The molecule has 5 rings (SSSR count). The van der Waals surface area contributed by atoms with Crippen LogP contribution < -0.4 is 15.0 Å². The summed E-state index contributed by atoms with van der Waals surface area (Å²) in [6.45, 7) is 0. The first-order valence-electron chi connectivity index (χ1n) is 12.3. The van der Waals surface area contributed by atoms with Gasteiger partial charge >= 0.3 is 0 Å². The van der Waals surface area contributed by atoms with Gasteiger partial charge in [-0.3, -0.25) is 19.5 Å². The fourth-order valence-electron chi connectivity index (χ4n) is 4.87. The van der Waals surface area contributed by atoms with Crippen molar-refractivity contribution in [2.45, 2.75) is 44.2 Å². The van der Waals surface area contributed by atoms with E-state index >= 15 is 0 Å². The number of thiophene rings is 1. The van der Waals surface area contributed by atoms with Gasteiger partial charge in [0, 0.05) is 29.4 Å². The molecule has 0 bridgehead atoms. The molecule has 1 atom stereocenters. The first-order chi connectivity index (χ1) is 17.6. The number of nitrogens with one attached hydrogen (secondary N) is 1. The molecule has 36 heavy (non-hydrogen) atoms. The van der Waals surface area contributed by atoms with Crippen LogP contribution in [0.5, 0.6) is 5.75 Å². The van der Waals surface area contributed by atoms with Gasteiger partial charge in [0.25, 0.3) is 5.91 Å². The number of benzene rings is 2. The summed E-state index contributed by atoms with van der Waals surface area (Å²) in [7, 11) is 1.59. The van der Waals surface area contributed by atoms with Crippen LogP contribution in [0.2, 0.25) is 0 Å². The maximum atomic E-state index is 14.0. The molecule has 4 aromatic rings. The van der Waals surface area contributed by atoms with Crippen molar-refractivity contribution in [2.75, 3.05) is 12.0 Å². The number of pyridine rings is 1. The molecule has 184 valence electrons. The summed E-state index contributed by atoms with van der Waals surface area (Å²) in [4.78, 5) is 34.6. The highest BCUT2D eigenvalue weighted by atomic mass is 32.1. The summed E-state index contributed by atoms with van der Waals surface area (Å²) >= 11 is 1.36. The highest BCUT2D eigenvalue weighted by Crippen LogP contribution is 2.34. The van der Waals surface area contributed by atoms with Gasteiger partial charge in [-0.15, -0.1) is 11.3 Å². The Hall–Kier alpha value is -3.71. The van der Waals surface area contributed by atoms with Gasteiger partial charge in [0.1, 0.15) is 11.8 Å². The highest BCUT2D eigenvalue weighted by molar-refractivity contribution is 7.12. The lowest BCUT2D eigenvalue weighted by Crippen LogP contribution is -2.47. The number of amides is 2. The molecule has 2 aromatic heterocycles. The van der Waals surface area contributed by atoms with E-state index in [1.54, 1.807) is 30.3 Å². The zero-order valence-electron chi connectivity index (χ0n) is 20.2. The Bertz CT molecular complexity index is 1350. The minimum atomic E-state index is -0.863. The minimum absolute atomic E-state index is 0.111. The maximum absolute atomic E-state index is 14.0. The van der Waals surface area contributed by atoms with Crippen molar-refractivity contribution in [1.82, 2.24) is 10.3 Å². The normalized spacial score (nSPS) is 14.8. The smallest absolute Gasteiger partial charge is 0.269 e. The van der Waals surface area contributed by atoms with E-state index in [0.717, 1.165) is 42.1 Å². The van der Waals surface area contributed by atoms with Gasteiger partial charge in [-0.2, -0.15) is 0 Å². The Kier molecular flexibility index (Phi) is 7.28. The summed E-state index contributed by atoms with van der Waals surface area (Å²) in [6, 6.07) is 19.8. The van der Waals surface area contributed by atoms with Crippen LogP contribution in [0.15, 0.2) is 78.3 Å². The lowest BCUT2D eigenvalue weighted by molar-refractivity contribution is -0.123. The average molecular weight is 500 g/mol. The topological polar surface area (TPSA) is 71.5 Å². The van der Waals surface area contributed by atoms with E-state index in [9.17, 15) is 9.59 Å². The predicted octanol–water partition coefficient (Wildman–Crippen LogP) is 6.14. The van der Waals surface area contributed by atoms with E-state index in [2.05, 4.69) is 10.3 Å². The second kappa shape index (κ2) is 10.9. The third-order valence-corrected chi connectivity index (χ3v) is 7.54. The number of rotatable bonds is 7. The Labute approximate surface area is 214 Å². The third kappa shape index (κ3) is 5.11. The minimum Gasteiger partial charge on any atom is -0.497 e. The summed E-state index contributed by atoms with van der Waals surface area (Å²) in [5.74, 6) is 0.205. The van der Waals surface area contributed by atoms with Crippen LogP contribution in [0.4, 0.5) is 5.69 Å². The van der Waals surface area contributed by atoms with Crippen molar-refractivity contribution in [3.63, 3.8) is 0 Å². The number of fused-ring (bicyclic) bond motifs is 1. The van der Waals surface area contributed by atoms with Crippen LogP contribution >= 0.6 is 11.3 Å². The van der Waals surface area contributed by atoms with Gasteiger partial charge in [-0.1, -0.05) is 43.5 Å². The maximum Gasteiger partial charge on any atom is 0.269 e. The number of aromatic nitrogens is 1. The lowest BCUT2D eigenvalue weighted by atomic mass is 9.94. The first-order valence-corrected chi connectivity index (χ1v) is 13.2. The molecule has 1 aliphatic carbocycles.